The first kappa shape index (κ1) is 24.7. The average molecular weight is 504 g/mol. The highest BCUT2D eigenvalue weighted by molar-refractivity contribution is 7.09. The number of ether oxygens (including phenoxy) is 1. The third-order valence-electron chi connectivity index (χ3n) is 5.35. The molecule has 0 saturated heterocycles. The normalized spacial score (nSPS) is 11.4. The predicted molar refractivity (Wildman–Crippen MR) is 135 cm³/mol. The van der Waals surface area contributed by atoms with Gasteiger partial charge in [0.15, 0.2) is 12.4 Å². The van der Waals surface area contributed by atoms with Crippen molar-refractivity contribution in [2.45, 2.75) is 19.1 Å². The smallest absolute Gasteiger partial charge is 0.290 e. The average Bonchev–Trinajstić information content (AvgIpc) is 3.61. The number of nitrogens with zero attached hydrogens (tertiary/aromatic N) is 1. The fourth-order valence-corrected chi connectivity index (χ4v) is 4.35. The lowest BCUT2D eigenvalue weighted by atomic mass is 10.0. The number of thiophene rings is 1. The molecule has 0 aliphatic rings. The number of rotatable bonds is 11. The molecule has 36 heavy (non-hydrogen) atoms. The van der Waals surface area contributed by atoms with Gasteiger partial charge >= 0.3 is 0 Å². The number of nitrogens with one attached hydrogen (secondary N) is 1. The predicted octanol–water partition coefficient (Wildman–Crippen LogP) is 3.91. The van der Waals surface area contributed by atoms with Gasteiger partial charge in [0.25, 0.3) is 11.8 Å². The Labute approximate surface area is 212 Å². The van der Waals surface area contributed by atoms with Gasteiger partial charge in [-0.15, -0.1) is 11.3 Å². The third-order valence-corrected chi connectivity index (χ3v) is 6.21. The zero-order valence-corrected chi connectivity index (χ0v) is 20.1. The minimum atomic E-state index is -0.960. The van der Waals surface area contributed by atoms with Crippen LogP contribution in [0.3, 0.4) is 0 Å². The molecule has 1 atom stereocenters. The van der Waals surface area contributed by atoms with Crippen LogP contribution in [-0.2, 0) is 22.7 Å². The molecule has 0 spiro atoms. The number of nitrogens with two attached hydrogens (primary N) is 1. The van der Waals surface area contributed by atoms with Crippen molar-refractivity contribution < 1.29 is 23.5 Å². The summed E-state index contributed by atoms with van der Waals surface area (Å²) >= 11 is 1.49. The van der Waals surface area contributed by atoms with Gasteiger partial charge in [-0.2, -0.15) is 0 Å². The molecule has 184 valence electrons. The van der Waals surface area contributed by atoms with Crippen LogP contribution in [0.2, 0.25) is 0 Å². The van der Waals surface area contributed by atoms with Crippen LogP contribution in [-0.4, -0.2) is 29.2 Å². The van der Waals surface area contributed by atoms with Crippen LogP contribution in [0.1, 0.15) is 32.6 Å². The first-order chi connectivity index (χ1) is 17.5. The zero-order valence-electron chi connectivity index (χ0n) is 19.3. The van der Waals surface area contributed by atoms with E-state index in [1.807, 2.05) is 47.8 Å². The molecule has 3 amide bonds. The Hall–Kier alpha value is -4.37. The Balaban J connectivity index is 1.67. The van der Waals surface area contributed by atoms with Crippen molar-refractivity contribution in [3.8, 4) is 5.75 Å². The zero-order chi connectivity index (χ0) is 25.3. The van der Waals surface area contributed by atoms with Crippen molar-refractivity contribution in [3.05, 3.63) is 112 Å². The van der Waals surface area contributed by atoms with Gasteiger partial charge in [0.05, 0.1) is 12.8 Å². The lowest BCUT2D eigenvalue weighted by Gasteiger charge is -2.30. The van der Waals surface area contributed by atoms with E-state index in [2.05, 4.69) is 5.32 Å². The van der Waals surface area contributed by atoms with E-state index < -0.39 is 17.9 Å². The molecule has 0 aliphatic heterocycles. The Morgan fingerprint density at radius 1 is 0.972 bits per heavy atom. The van der Waals surface area contributed by atoms with E-state index in [0.29, 0.717) is 17.9 Å². The monoisotopic (exact) mass is 503 g/mol. The molecular formula is C27H25N3O5S. The number of hydrogen-bond donors (Lipinski definition) is 2. The van der Waals surface area contributed by atoms with Crippen LogP contribution in [0.15, 0.2) is 94.9 Å². The van der Waals surface area contributed by atoms with E-state index in [-0.39, 0.29) is 24.8 Å². The minimum Gasteiger partial charge on any atom is -0.484 e. The van der Waals surface area contributed by atoms with Gasteiger partial charge < -0.3 is 25.1 Å². The Kier molecular flexibility index (Phi) is 8.15. The fourth-order valence-electron chi connectivity index (χ4n) is 3.65. The van der Waals surface area contributed by atoms with Gasteiger partial charge in [-0.05, 0) is 46.8 Å². The largest absolute Gasteiger partial charge is 0.484 e. The molecule has 0 radical (unpaired) electrons. The van der Waals surface area contributed by atoms with E-state index in [9.17, 15) is 14.4 Å². The first-order valence-electron chi connectivity index (χ1n) is 11.2. The summed E-state index contributed by atoms with van der Waals surface area (Å²) in [5, 5.41) is 4.88. The number of amides is 3. The molecule has 0 bridgehead atoms. The molecular weight excluding hydrogens is 478 g/mol. The van der Waals surface area contributed by atoms with Gasteiger partial charge in [-0.1, -0.05) is 48.5 Å². The van der Waals surface area contributed by atoms with Gasteiger partial charge in [0.1, 0.15) is 11.8 Å². The molecule has 8 nitrogen and oxygen atoms in total. The van der Waals surface area contributed by atoms with Crippen LogP contribution in [0, 0.1) is 0 Å². The summed E-state index contributed by atoms with van der Waals surface area (Å²) in [5.74, 6) is -0.802. The lowest BCUT2D eigenvalue weighted by molar-refractivity contribution is -0.126. The quantitative estimate of drug-likeness (QED) is 0.322. The Morgan fingerprint density at radius 2 is 1.75 bits per heavy atom. The maximum absolute atomic E-state index is 13.6. The fraction of sp³-hybridized carbons (Fsp3) is 0.148. The third kappa shape index (κ3) is 6.39. The number of carbonyl (C=O) groups excluding carboxylic acids is 3. The second-order valence-corrected chi connectivity index (χ2v) is 8.95. The number of benzene rings is 2. The molecule has 4 rings (SSSR count). The van der Waals surface area contributed by atoms with Crippen LogP contribution in [0.25, 0.3) is 0 Å². The summed E-state index contributed by atoms with van der Waals surface area (Å²) in [6.45, 7) is 0.250. The highest BCUT2D eigenvalue weighted by Crippen LogP contribution is 2.28. The second-order valence-electron chi connectivity index (χ2n) is 7.92. The maximum atomic E-state index is 13.6. The van der Waals surface area contributed by atoms with E-state index >= 15 is 0 Å². The molecule has 3 N–H and O–H groups in total. The van der Waals surface area contributed by atoms with Crippen LogP contribution in [0.4, 0.5) is 0 Å². The summed E-state index contributed by atoms with van der Waals surface area (Å²) < 4.78 is 10.7. The summed E-state index contributed by atoms with van der Waals surface area (Å²) in [6.07, 6.45) is 1.42. The van der Waals surface area contributed by atoms with Crippen molar-refractivity contribution in [3.63, 3.8) is 0 Å². The number of carbonyl (C=O) groups is 3. The van der Waals surface area contributed by atoms with Crippen LogP contribution >= 0.6 is 11.3 Å². The molecule has 9 heteroatoms. The topological polar surface area (TPSA) is 115 Å². The van der Waals surface area contributed by atoms with Crippen molar-refractivity contribution in [2.75, 3.05) is 6.61 Å². The van der Waals surface area contributed by atoms with Gasteiger partial charge in [-0.3, -0.25) is 14.4 Å². The first-order valence-corrected chi connectivity index (χ1v) is 12.1. The highest BCUT2D eigenvalue weighted by atomic mass is 32.1. The highest BCUT2D eigenvalue weighted by Gasteiger charge is 2.33. The Bertz CT molecular complexity index is 1270. The van der Waals surface area contributed by atoms with Crippen molar-refractivity contribution in [1.82, 2.24) is 10.2 Å². The summed E-state index contributed by atoms with van der Waals surface area (Å²) in [5.41, 5.74) is 6.66. The maximum Gasteiger partial charge on any atom is 0.290 e. The number of furan rings is 1. The molecule has 0 saturated carbocycles. The number of hydrogen-bond acceptors (Lipinski definition) is 6. The number of primary amides is 1. The molecule has 0 unspecified atom stereocenters. The summed E-state index contributed by atoms with van der Waals surface area (Å²) in [7, 11) is 0. The van der Waals surface area contributed by atoms with Crippen LogP contribution in [0.5, 0.6) is 5.75 Å². The lowest BCUT2D eigenvalue weighted by Crippen LogP contribution is -2.43. The molecule has 0 fully saturated rings. The van der Waals surface area contributed by atoms with E-state index in [4.69, 9.17) is 14.9 Å². The van der Waals surface area contributed by atoms with Crippen molar-refractivity contribution >= 4 is 29.1 Å². The van der Waals surface area contributed by atoms with Gasteiger partial charge in [0.2, 0.25) is 5.91 Å². The SMILES string of the molecule is NC(=O)COc1ccc([C@H](C(=O)NCc2ccccc2)N(Cc2cccs2)C(=O)c2ccco2)cc1. The van der Waals surface area contributed by atoms with Crippen molar-refractivity contribution in [1.29, 1.82) is 0 Å². The van der Waals surface area contributed by atoms with Gasteiger partial charge in [0, 0.05) is 11.4 Å². The van der Waals surface area contributed by atoms with Gasteiger partial charge in [-0.25, -0.2) is 0 Å². The molecule has 2 aromatic heterocycles. The van der Waals surface area contributed by atoms with Crippen molar-refractivity contribution in [2.24, 2.45) is 5.73 Å². The van der Waals surface area contributed by atoms with E-state index in [1.54, 1.807) is 36.4 Å². The molecule has 0 aliphatic carbocycles. The molecule has 2 aromatic carbocycles. The second kappa shape index (κ2) is 11.9. The Morgan fingerprint density at radius 3 is 2.39 bits per heavy atom. The summed E-state index contributed by atoms with van der Waals surface area (Å²) in [4.78, 5) is 40.6. The molecule has 4 aromatic rings. The van der Waals surface area contributed by atoms with E-state index in [1.165, 1.54) is 22.5 Å². The minimum absolute atomic E-state index is 0.133. The summed E-state index contributed by atoms with van der Waals surface area (Å²) in [6, 6.07) is 22.2. The van der Waals surface area contributed by atoms with E-state index in [0.717, 1.165) is 10.4 Å². The molecule has 2 heterocycles. The van der Waals surface area contributed by atoms with Crippen LogP contribution < -0.4 is 15.8 Å². The standard InChI is InChI=1S/C27H25N3O5S/c28-24(31)18-35-21-12-10-20(11-13-21)25(26(32)29-16-19-6-2-1-3-7-19)30(17-22-8-5-15-36-22)27(33)23-9-4-14-34-23/h1-15,25H,16-18H2,(H2,28,31)(H,29,32)/t25-/m1/s1.